The van der Waals surface area contributed by atoms with Gasteiger partial charge in [-0.3, -0.25) is 10.1 Å². The van der Waals surface area contributed by atoms with Crippen molar-refractivity contribution < 1.29 is 4.92 Å². The van der Waals surface area contributed by atoms with E-state index < -0.39 is 0 Å². The molecule has 0 saturated carbocycles. The Balaban J connectivity index is 2.27. The van der Waals surface area contributed by atoms with Crippen LogP contribution in [0.1, 0.15) is 12.5 Å². The first-order valence-corrected chi connectivity index (χ1v) is 7.22. The van der Waals surface area contributed by atoms with Crippen LogP contribution in [-0.2, 0) is 5.88 Å². The monoisotopic (exact) mass is 297 g/mol. The van der Waals surface area contributed by atoms with E-state index in [2.05, 4.69) is 30.8 Å². The van der Waals surface area contributed by atoms with Gasteiger partial charge in [0.25, 0.3) is 5.69 Å². The van der Waals surface area contributed by atoms with Crippen LogP contribution in [0.3, 0.4) is 0 Å². The molecular formula is C14H20ClN3O2. The van der Waals surface area contributed by atoms with Crippen LogP contribution in [0.25, 0.3) is 0 Å². The molecule has 0 N–H and O–H groups in total. The number of alkyl halides is 1. The summed E-state index contributed by atoms with van der Waals surface area (Å²) in [5.41, 5.74) is 1.94. The van der Waals surface area contributed by atoms with Crippen LogP contribution in [0, 0.1) is 16.0 Å². The molecule has 0 aliphatic carbocycles. The first-order chi connectivity index (χ1) is 9.43. The van der Waals surface area contributed by atoms with E-state index in [4.69, 9.17) is 11.6 Å². The summed E-state index contributed by atoms with van der Waals surface area (Å²) in [6, 6.07) is 5.45. The molecular weight excluding hydrogens is 278 g/mol. The summed E-state index contributed by atoms with van der Waals surface area (Å²) in [5, 5.41) is 10.8. The third-order valence-corrected chi connectivity index (χ3v) is 4.28. The van der Waals surface area contributed by atoms with Gasteiger partial charge in [0.2, 0.25) is 0 Å². The Labute approximate surface area is 124 Å². The fourth-order valence-electron chi connectivity index (χ4n) is 2.92. The molecule has 5 nitrogen and oxygen atoms in total. The summed E-state index contributed by atoms with van der Waals surface area (Å²) in [5.74, 6) is 0.845. The molecule has 1 aromatic rings. The molecule has 1 fully saturated rings. The van der Waals surface area contributed by atoms with Crippen LogP contribution in [-0.4, -0.2) is 43.0 Å². The first kappa shape index (κ1) is 15.1. The Kier molecular flexibility index (Phi) is 4.50. The molecule has 0 radical (unpaired) electrons. The van der Waals surface area contributed by atoms with E-state index in [9.17, 15) is 10.1 Å². The smallest absolute Gasteiger partial charge is 0.269 e. The zero-order valence-electron chi connectivity index (χ0n) is 12.0. The summed E-state index contributed by atoms with van der Waals surface area (Å²) < 4.78 is 0. The van der Waals surface area contributed by atoms with Crippen LogP contribution >= 0.6 is 11.6 Å². The number of hydrogen-bond donors (Lipinski definition) is 0. The van der Waals surface area contributed by atoms with Crippen molar-refractivity contribution in [2.75, 3.05) is 32.1 Å². The van der Waals surface area contributed by atoms with E-state index >= 15 is 0 Å². The minimum absolute atomic E-state index is 0.0980. The zero-order chi connectivity index (χ0) is 14.9. The molecule has 110 valence electrons. The third kappa shape index (κ3) is 2.88. The lowest BCUT2D eigenvalue weighted by Crippen LogP contribution is -2.34. The number of hydrogen-bond acceptors (Lipinski definition) is 4. The van der Waals surface area contributed by atoms with Crippen molar-refractivity contribution in [3.05, 3.63) is 33.9 Å². The zero-order valence-corrected chi connectivity index (χ0v) is 12.8. The van der Waals surface area contributed by atoms with Crippen molar-refractivity contribution in [1.29, 1.82) is 0 Å². The number of nitro benzene ring substituents is 1. The predicted molar refractivity (Wildman–Crippen MR) is 81.5 cm³/mol. The molecule has 0 bridgehead atoms. The van der Waals surface area contributed by atoms with Crippen LogP contribution in [0.5, 0.6) is 0 Å². The van der Waals surface area contributed by atoms with Gasteiger partial charge in [0.15, 0.2) is 0 Å². The van der Waals surface area contributed by atoms with E-state index in [0.29, 0.717) is 12.0 Å². The van der Waals surface area contributed by atoms with Crippen molar-refractivity contribution >= 4 is 23.0 Å². The van der Waals surface area contributed by atoms with Crippen LogP contribution in [0.2, 0.25) is 0 Å². The highest BCUT2D eigenvalue weighted by Crippen LogP contribution is 2.31. The van der Waals surface area contributed by atoms with Gasteiger partial charge in [-0.05, 0) is 31.6 Å². The van der Waals surface area contributed by atoms with E-state index in [1.165, 1.54) is 0 Å². The maximum Gasteiger partial charge on any atom is 0.269 e. The topological polar surface area (TPSA) is 49.6 Å². The van der Waals surface area contributed by atoms with Crippen molar-refractivity contribution in [3.8, 4) is 0 Å². The van der Waals surface area contributed by atoms with Crippen LogP contribution in [0.15, 0.2) is 18.2 Å². The molecule has 1 saturated heterocycles. The standard InChI is InChI=1S/C14H20ClN3O2/c1-10-8-17(9-14(10)16(2)3)13-5-4-12(18(19)20)6-11(13)7-15/h4-6,10,14H,7-9H2,1-3H3. The van der Waals surface area contributed by atoms with Gasteiger partial charge in [0.1, 0.15) is 0 Å². The van der Waals surface area contributed by atoms with Crippen molar-refractivity contribution in [2.24, 2.45) is 5.92 Å². The molecule has 0 spiro atoms. The van der Waals surface area contributed by atoms with Gasteiger partial charge in [0.05, 0.1) is 4.92 Å². The summed E-state index contributed by atoms with van der Waals surface area (Å²) in [7, 11) is 4.17. The number of likely N-dealkylation sites (N-methyl/N-ethyl adjacent to an activating group) is 1. The Hall–Kier alpha value is -1.33. The molecule has 1 aromatic carbocycles. The maximum atomic E-state index is 10.8. The van der Waals surface area contributed by atoms with Crippen molar-refractivity contribution in [3.63, 3.8) is 0 Å². The number of benzene rings is 1. The molecule has 6 heteroatoms. The van der Waals surface area contributed by atoms with Gasteiger partial charge in [0, 0.05) is 42.8 Å². The molecule has 2 atom stereocenters. The Morgan fingerprint density at radius 3 is 2.65 bits per heavy atom. The fourth-order valence-corrected chi connectivity index (χ4v) is 3.13. The number of nitrogens with zero attached hydrogens (tertiary/aromatic N) is 3. The number of anilines is 1. The molecule has 0 amide bonds. The third-order valence-electron chi connectivity index (χ3n) is 3.99. The maximum absolute atomic E-state index is 10.8. The molecule has 1 heterocycles. The highest BCUT2D eigenvalue weighted by atomic mass is 35.5. The van der Waals surface area contributed by atoms with Gasteiger partial charge < -0.3 is 9.80 Å². The lowest BCUT2D eigenvalue weighted by molar-refractivity contribution is -0.384. The molecule has 1 aliphatic heterocycles. The Morgan fingerprint density at radius 1 is 1.45 bits per heavy atom. The second-order valence-corrected chi connectivity index (χ2v) is 5.88. The average molecular weight is 298 g/mol. The molecule has 1 aliphatic rings. The fraction of sp³-hybridized carbons (Fsp3) is 0.571. The van der Waals surface area contributed by atoms with Crippen LogP contribution in [0.4, 0.5) is 11.4 Å². The van der Waals surface area contributed by atoms with Crippen molar-refractivity contribution in [1.82, 2.24) is 4.90 Å². The number of halogens is 1. The summed E-state index contributed by atoms with van der Waals surface area (Å²) in [4.78, 5) is 15.0. The van der Waals surface area contributed by atoms with E-state index in [1.54, 1.807) is 12.1 Å². The SMILES string of the molecule is CC1CN(c2ccc([N+](=O)[O-])cc2CCl)CC1N(C)C. The number of nitro groups is 1. The average Bonchev–Trinajstić information content (AvgIpc) is 2.80. The molecule has 0 aromatic heterocycles. The van der Waals surface area contributed by atoms with Gasteiger partial charge in [-0.15, -0.1) is 11.6 Å². The van der Waals surface area contributed by atoms with E-state index in [-0.39, 0.29) is 16.5 Å². The number of rotatable bonds is 4. The second kappa shape index (κ2) is 5.97. The lowest BCUT2D eigenvalue weighted by atomic mass is 10.1. The Morgan fingerprint density at radius 2 is 2.15 bits per heavy atom. The lowest BCUT2D eigenvalue weighted by Gasteiger charge is -2.24. The quantitative estimate of drug-likeness (QED) is 0.487. The minimum Gasteiger partial charge on any atom is -0.369 e. The van der Waals surface area contributed by atoms with Gasteiger partial charge >= 0.3 is 0 Å². The predicted octanol–water partition coefficient (Wildman–Crippen LogP) is 2.72. The van der Waals surface area contributed by atoms with Gasteiger partial charge in [-0.25, -0.2) is 0 Å². The minimum atomic E-state index is -0.380. The second-order valence-electron chi connectivity index (χ2n) is 5.62. The van der Waals surface area contributed by atoms with Crippen molar-refractivity contribution in [2.45, 2.75) is 18.8 Å². The summed E-state index contributed by atoms with van der Waals surface area (Å²) >= 11 is 5.96. The summed E-state index contributed by atoms with van der Waals surface area (Å²) in [6.45, 7) is 4.11. The molecule has 20 heavy (non-hydrogen) atoms. The van der Waals surface area contributed by atoms with E-state index in [0.717, 1.165) is 24.3 Å². The van der Waals surface area contributed by atoms with Gasteiger partial charge in [-0.1, -0.05) is 6.92 Å². The highest BCUT2D eigenvalue weighted by molar-refractivity contribution is 6.17. The van der Waals surface area contributed by atoms with Gasteiger partial charge in [-0.2, -0.15) is 0 Å². The van der Waals surface area contributed by atoms with Crippen LogP contribution < -0.4 is 4.90 Å². The number of non-ortho nitro benzene ring substituents is 1. The normalized spacial score (nSPS) is 22.6. The molecule has 2 unspecified atom stereocenters. The largest absolute Gasteiger partial charge is 0.369 e. The first-order valence-electron chi connectivity index (χ1n) is 6.68. The van der Waals surface area contributed by atoms with E-state index in [1.807, 2.05) is 6.07 Å². The summed E-state index contributed by atoms with van der Waals surface area (Å²) in [6.07, 6.45) is 0. The Bertz CT molecular complexity index is 507. The highest BCUT2D eigenvalue weighted by Gasteiger charge is 2.32. The molecule has 2 rings (SSSR count).